The van der Waals surface area contributed by atoms with E-state index in [0.29, 0.717) is 27.9 Å². The van der Waals surface area contributed by atoms with Gasteiger partial charge in [0.25, 0.3) is 5.91 Å². The van der Waals surface area contributed by atoms with Crippen LogP contribution in [-0.2, 0) is 0 Å². The van der Waals surface area contributed by atoms with E-state index in [0.717, 1.165) is 0 Å². The van der Waals surface area contributed by atoms with Gasteiger partial charge < -0.3 is 14.8 Å². The third kappa shape index (κ3) is 2.83. The molecule has 0 saturated heterocycles. The van der Waals surface area contributed by atoms with Crippen molar-refractivity contribution >= 4 is 23.3 Å². The Morgan fingerprint density at radius 1 is 1.20 bits per heavy atom. The molecular weight excluding hydrogens is 280 g/mol. The number of pyridine rings is 1. The molecule has 0 bridgehead atoms. The largest absolute Gasteiger partial charge is 0.493 e. The SMILES string of the molecule is COc1cccc(C(=O)Nc2ncccc2Cl)c1OC. The van der Waals surface area contributed by atoms with E-state index in [2.05, 4.69) is 10.3 Å². The molecule has 0 fully saturated rings. The lowest BCUT2D eigenvalue weighted by Gasteiger charge is -2.12. The number of benzene rings is 1. The van der Waals surface area contributed by atoms with Crippen molar-refractivity contribution in [3.8, 4) is 11.5 Å². The molecule has 0 aliphatic carbocycles. The molecule has 1 aromatic carbocycles. The van der Waals surface area contributed by atoms with Gasteiger partial charge in [-0.05, 0) is 24.3 Å². The number of aromatic nitrogens is 1. The van der Waals surface area contributed by atoms with Crippen LogP contribution in [0.1, 0.15) is 10.4 Å². The summed E-state index contributed by atoms with van der Waals surface area (Å²) in [5.74, 6) is 0.761. The fraction of sp³-hybridized carbons (Fsp3) is 0.143. The van der Waals surface area contributed by atoms with Crippen LogP contribution in [0.2, 0.25) is 5.02 Å². The van der Waals surface area contributed by atoms with Crippen molar-refractivity contribution in [2.45, 2.75) is 0 Å². The summed E-state index contributed by atoms with van der Waals surface area (Å²) in [5, 5.41) is 3.00. The van der Waals surface area contributed by atoms with Crippen molar-refractivity contribution in [3.63, 3.8) is 0 Å². The minimum atomic E-state index is -0.374. The Hall–Kier alpha value is -2.27. The van der Waals surface area contributed by atoms with Gasteiger partial charge in [-0.15, -0.1) is 0 Å². The molecule has 1 amide bonds. The van der Waals surface area contributed by atoms with Gasteiger partial charge in [0.15, 0.2) is 17.3 Å². The van der Waals surface area contributed by atoms with Crippen LogP contribution in [-0.4, -0.2) is 25.1 Å². The molecule has 0 spiro atoms. The van der Waals surface area contributed by atoms with Crippen LogP contribution in [0, 0.1) is 0 Å². The molecule has 20 heavy (non-hydrogen) atoms. The second kappa shape index (κ2) is 6.25. The van der Waals surface area contributed by atoms with Gasteiger partial charge in [0.1, 0.15) is 0 Å². The Labute approximate surface area is 121 Å². The van der Waals surface area contributed by atoms with Crippen LogP contribution in [0.5, 0.6) is 11.5 Å². The van der Waals surface area contributed by atoms with Gasteiger partial charge in [-0.2, -0.15) is 0 Å². The predicted molar refractivity (Wildman–Crippen MR) is 76.7 cm³/mol. The highest BCUT2D eigenvalue weighted by Crippen LogP contribution is 2.31. The van der Waals surface area contributed by atoms with Crippen molar-refractivity contribution in [1.82, 2.24) is 4.98 Å². The molecule has 104 valence electrons. The molecule has 0 aliphatic heterocycles. The molecule has 0 unspecified atom stereocenters. The van der Waals surface area contributed by atoms with Crippen LogP contribution in [0.4, 0.5) is 5.82 Å². The number of ether oxygens (including phenoxy) is 2. The Kier molecular flexibility index (Phi) is 4.42. The minimum Gasteiger partial charge on any atom is -0.493 e. The van der Waals surface area contributed by atoms with E-state index in [4.69, 9.17) is 21.1 Å². The number of para-hydroxylation sites is 1. The van der Waals surface area contributed by atoms with Crippen molar-refractivity contribution in [2.24, 2.45) is 0 Å². The topological polar surface area (TPSA) is 60.5 Å². The second-order valence-electron chi connectivity index (χ2n) is 3.83. The molecule has 1 N–H and O–H groups in total. The van der Waals surface area contributed by atoms with E-state index in [1.807, 2.05) is 0 Å². The molecule has 0 radical (unpaired) electrons. The van der Waals surface area contributed by atoms with Gasteiger partial charge in [0.2, 0.25) is 0 Å². The molecule has 0 saturated carbocycles. The minimum absolute atomic E-state index is 0.295. The summed E-state index contributed by atoms with van der Waals surface area (Å²) >= 11 is 5.95. The first-order valence-electron chi connectivity index (χ1n) is 5.80. The highest BCUT2D eigenvalue weighted by atomic mass is 35.5. The number of anilines is 1. The van der Waals surface area contributed by atoms with E-state index in [9.17, 15) is 4.79 Å². The fourth-order valence-corrected chi connectivity index (χ4v) is 1.89. The number of carbonyl (C=O) groups excluding carboxylic acids is 1. The van der Waals surface area contributed by atoms with Crippen LogP contribution in [0.15, 0.2) is 36.5 Å². The quantitative estimate of drug-likeness (QED) is 0.941. The zero-order valence-electron chi connectivity index (χ0n) is 11.0. The summed E-state index contributed by atoms with van der Waals surface area (Å²) in [7, 11) is 2.98. The Balaban J connectivity index is 2.32. The zero-order chi connectivity index (χ0) is 14.5. The van der Waals surface area contributed by atoms with Gasteiger partial charge in [-0.3, -0.25) is 4.79 Å². The lowest BCUT2D eigenvalue weighted by molar-refractivity contribution is 0.102. The van der Waals surface area contributed by atoms with Crippen LogP contribution >= 0.6 is 11.6 Å². The maximum atomic E-state index is 12.3. The maximum absolute atomic E-state index is 12.3. The molecule has 1 aromatic heterocycles. The number of nitrogens with one attached hydrogen (secondary N) is 1. The van der Waals surface area contributed by atoms with E-state index in [1.165, 1.54) is 14.2 Å². The number of halogens is 1. The Morgan fingerprint density at radius 3 is 2.65 bits per heavy atom. The normalized spacial score (nSPS) is 9.95. The van der Waals surface area contributed by atoms with E-state index in [1.54, 1.807) is 36.5 Å². The van der Waals surface area contributed by atoms with Crippen molar-refractivity contribution in [1.29, 1.82) is 0 Å². The first-order chi connectivity index (χ1) is 9.67. The lowest BCUT2D eigenvalue weighted by atomic mass is 10.1. The summed E-state index contributed by atoms with van der Waals surface area (Å²) < 4.78 is 10.4. The van der Waals surface area contributed by atoms with E-state index >= 15 is 0 Å². The molecule has 0 atom stereocenters. The van der Waals surface area contributed by atoms with Gasteiger partial charge in [-0.1, -0.05) is 17.7 Å². The summed E-state index contributed by atoms with van der Waals surface area (Å²) in [6.45, 7) is 0. The predicted octanol–water partition coefficient (Wildman–Crippen LogP) is 3.00. The number of methoxy groups -OCH3 is 2. The van der Waals surface area contributed by atoms with Gasteiger partial charge in [0.05, 0.1) is 24.8 Å². The third-order valence-electron chi connectivity index (χ3n) is 2.64. The third-order valence-corrected chi connectivity index (χ3v) is 2.94. The molecule has 2 aromatic rings. The first kappa shape index (κ1) is 14.1. The summed E-state index contributed by atoms with van der Waals surface area (Å²) in [6, 6.07) is 8.38. The number of amides is 1. The van der Waals surface area contributed by atoms with Gasteiger partial charge >= 0.3 is 0 Å². The lowest BCUT2D eigenvalue weighted by Crippen LogP contribution is -2.14. The smallest absolute Gasteiger partial charge is 0.260 e. The average Bonchev–Trinajstić information content (AvgIpc) is 2.48. The molecule has 6 heteroatoms. The fourth-order valence-electron chi connectivity index (χ4n) is 1.72. The van der Waals surface area contributed by atoms with E-state index in [-0.39, 0.29) is 5.91 Å². The van der Waals surface area contributed by atoms with Gasteiger partial charge in [0, 0.05) is 6.20 Å². The number of hydrogen-bond donors (Lipinski definition) is 1. The number of rotatable bonds is 4. The molecule has 0 aliphatic rings. The maximum Gasteiger partial charge on any atom is 0.260 e. The molecule has 1 heterocycles. The standard InChI is InChI=1S/C14H13ClN2O3/c1-19-11-7-3-5-9(12(11)20-2)14(18)17-13-10(15)6-4-8-16-13/h3-8H,1-2H3,(H,16,17,18). The zero-order valence-corrected chi connectivity index (χ0v) is 11.8. The Bertz CT molecular complexity index is 632. The highest BCUT2D eigenvalue weighted by molar-refractivity contribution is 6.33. The van der Waals surface area contributed by atoms with Crippen LogP contribution < -0.4 is 14.8 Å². The summed E-state index contributed by atoms with van der Waals surface area (Å²) in [4.78, 5) is 16.3. The van der Waals surface area contributed by atoms with Crippen molar-refractivity contribution in [3.05, 3.63) is 47.1 Å². The number of carbonyl (C=O) groups is 1. The second-order valence-corrected chi connectivity index (χ2v) is 4.24. The van der Waals surface area contributed by atoms with Crippen molar-refractivity contribution < 1.29 is 14.3 Å². The van der Waals surface area contributed by atoms with Crippen LogP contribution in [0.3, 0.4) is 0 Å². The molecular formula is C14H13ClN2O3. The van der Waals surface area contributed by atoms with Crippen LogP contribution in [0.25, 0.3) is 0 Å². The molecule has 2 rings (SSSR count). The van der Waals surface area contributed by atoms with Crippen molar-refractivity contribution in [2.75, 3.05) is 19.5 Å². The number of hydrogen-bond acceptors (Lipinski definition) is 4. The summed E-state index contributed by atoms with van der Waals surface area (Å²) in [5.41, 5.74) is 0.341. The first-order valence-corrected chi connectivity index (χ1v) is 6.18. The number of nitrogens with zero attached hydrogens (tertiary/aromatic N) is 1. The highest BCUT2D eigenvalue weighted by Gasteiger charge is 2.17. The Morgan fingerprint density at radius 2 is 2.00 bits per heavy atom. The molecule has 5 nitrogen and oxygen atoms in total. The van der Waals surface area contributed by atoms with Gasteiger partial charge in [-0.25, -0.2) is 4.98 Å². The summed E-state index contributed by atoms with van der Waals surface area (Å²) in [6.07, 6.45) is 1.55. The van der Waals surface area contributed by atoms with E-state index < -0.39 is 0 Å². The monoisotopic (exact) mass is 292 g/mol. The average molecular weight is 293 g/mol.